The Balaban J connectivity index is 2.11. The Bertz CT molecular complexity index is 1380. The summed E-state index contributed by atoms with van der Waals surface area (Å²) < 4.78 is 10.9. The number of nitrogens with zero attached hydrogens (tertiary/aromatic N) is 1. The van der Waals surface area contributed by atoms with Crippen molar-refractivity contribution < 1.29 is 34.2 Å². The van der Waals surface area contributed by atoms with Gasteiger partial charge in [-0.05, 0) is 23.8 Å². The van der Waals surface area contributed by atoms with E-state index in [1.165, 1.54) is 37.4 Å². The number of non-ortho nitro benzene ring substituents is 1. The number of ether oxygens (including phenoxy) is 2. The van der Waals surface area contributed by atoms with Crippen LogP contribution in [0.2, 0.25) is 5.02 Å². The average Bonchev–Trinajstić information content (AvgIpc) is 2.76. The lowest BCUT2D eigenvalue weighted by Crippen LogP contribution is -2.24. The maximum absolute atomic E-state index is 12.3. The van der Waals surface area contributed by atoms with Crippen molar-refractivity contribution in [3.05, 3.63) is 78.6 Å². The molecule has 13 heteroatoms. The molecular weight excluding hydrogens is 474 g/mol. The normalized spacial score (nSPS) is 10.5. The van der Waals surface area contributed by atoms with Crippen LogP contribution in [0, 0.1) is 10.1 Å². The predicted molar refractivity (Wildman–Crippen MR) is 120 cm³/mol. The number of carboxylic acids is 2. The number of rotatable bonds is 8. The molecule has 0 saturated heterocycles. The van der Waals surface area contributed by atoms with Gasteiger partial charge in [-0.2, -0.15) is 0 Å². The first kappa shape index (κ1) is 24.1. The minimum Gasteiger partial charge on any atom is -0.496 e. The third-order valence-corrected chi connectivity index (χ3v) is 5.05. The third-order valence-electron chi connectivity index (χ3n) is 4.75. The van der Waals surface area contributed by atoms with Gasteiger partial charge in [0.25, 0.3) is 11.2 Å². The number of halogens is 1. The van der Waals surface area contributed by atoms with Crippen molar-refractivity contribution in [3.8, 4) is 22.6 Å². The molecule has 0 bridgehead atoms. The van der Waals surface area contributed by atoms with E-state index in [0.29, 0.717) is 11.3 Å². The molecule has 176 valence electrons. The van der Waals surface area contributed by atoms with Crippen LogP contribution in [0.25, 0.3) is 11.1 Å². The van der Waals surface area contributed by atoms with Gasteiger partial charge >= 0.3 is 11.9 Å². The number of nitrogens with one attached hydrogen (secondary N) is 1. The molecule has 1 aromatic heterocycles. The average molecular weight is 490 g/mol. The quantitative estimate of drug-likeness (QED) is 0.269. The first-order valence-electron chi connectivity index (χ1n) is 9.31. The Morgan fingerprint density at radius 3 is 2.32 bits per heavy atom. The Morgan fingerprint density at radius 1 is 1.12 bits per heavy atom. The second-order valence-corrected chi connectivity index (χ2v) is 7.20. The summed E-state index contributed by atoms with van der Waals surface area (Å²) in [4.78, 5) is 48.1. The SMILES string of the molecule is COc1ccc(-c2c(C(=O)O)c(N)[nH]c(=O)c2C(=O)O)cc1COc1ccc([N+](=O)[O-])cc1Cl. The lowest BCUT2D eigenvalue weighted by atomic mass is 9.94. The van der Waals surface area contributed by atoms with Crippen LogP contribution < -0.4 is 20.8 Å². The predicted octanol–water partition coefficient (Wildman–Crippen LogP) is 3.17. The second kappa shape index (κ2) is 9.50. The highest BCUT2D eigenvalue weighted by Gasteiger charge is 2.27. The fourth-order valence-corrected chi connectivity index (χ4v) is 3.49. The summed E-state index contributed by atoms with van der Waals surface area (Å²) >= 11 is 6.04. The number of nitro groups is 1. The number of aromatic amines is 1. The fourth-order valence-electron chi connectivity index (χ4n) is 3.26. The maximum Gasteiger partial charge on any atom is 0.342 e. The lowest BCUT2D eigenvalue weighted by Gasteiger charge is -2.16. The maximum atomic E-state index is 12.3. The molecule has 34 heavy (non-hydrogen) atoms. The number of H-pyrrole nitrogens is 1. The topological polar surface area (TPSA) is 195 Å². The number of nitro benzene ring substituents is 1. The summed E-state index contributed by atoms with van der Waals surface area (Å²) in [6.45, 7) is -0.196. The Hall–Kier alpha value is -4.58. The van der Waals surface area contributed by atoms with Gasteiger partial charge in [-0.3, -0.25) is 14.9 Å². The second-order valence-electron chi connectivity index (χ2n) is 6.79. The standard InChI is InChI=1S/C21H16ClN3O9/c1-33-13-4-2-9(15-16(20(27)28)18(23)24-19(26)17(15)21(29)30)6-10(13)8-34-14-5-3-11(25(31)32)7-12(14)22/h2-7H,8H2,1H3,(H,27,28)(H,29,30)(H3,23,24,26). The van der Waals surface area contributed by atoms with E-state index in [9.17, 15) is 34.7 Å². The number of nitrogen functional groups attached to an aromatic ring is 1. The molecule has 0 radical (unpaired) electrons. The molecule has 5 N–H and O–H groups in total. The van der Waals surface area contributed by atoms with Crippen LogP contribution in [0.15, 0.2) is 41.2 Å². The van der Waals surface area contributed by atoms with E-state index in [1.54, 1.807) is 0 Å². The molecular formula is C21H16ClN3O9. The number of hydrogen-bond acceptors (Lipinski definition) is 8. The van der Waals surface area contributed by atoms with Crippen LogP contribution in [-0.4, -0.2) is 39.2 Å². The number of aromatic carboxylic acids is 2. The van der Waals surface area contributed by atoms with Crippen LogP contribution in [0.3, 0.4) is 0 Å². The highest BCUT2D eigenvalue weighted by molar-refractivity contribution is 6.32. The molecule has 0 aliphatic heterocycles. The summed E-state index contributed by atoms with van der Waals surface area (Å²) in [5.41, 5.74) is 2.97. The molecule has 0 aliphatic rings. The number of hydrogen-bond donors (Lipinski definition) is 4. The number of methoxy groups -OCH3 is 1. The molecule has 0 aliphatic carbocycles. The van der Waals surface area contributed by atoms with E-state index in [1.807, 2.05) is 4.98 Å². The molecule has 0 unspecified atom stereocenters. The Kier molecular flexibility index (Phi) is 6.73. The fraction of sp³-hybridized carbons (Fsp3) is 0.0952. The molecule has 0 amide bonds. The van der Waals surface area contributed by atoms with E-state index < -0.39 is 44.9 Å². The number of aromatic nitrogens is 1. The van der Waals surface area contributed by atoms with Gasteiger partial charge in [-0.1, -0.05) is 17.7 Å². The number of nitrogens with two attached hydrogens (primary N) is 1. The first-order valence-corrected chi connectivity index (χ1v) is 9.69. The largest absolute Gasteiger partial charge is 0.496 e. The van der Waals surface area contributed by atoms with Gasteiger partial charge in [0.05, 0.1) is 17.1 Å². The molecule has 0 spiro atoms. The van der Waals surface area contributed by atoms with E-state index in [4.69, 9.17) is 26.8 Å². The number of benzene rings is 2. The summed E-state index contributed by atoms with van der Waals surface area (Å²) in [5, 5.41) is 30.0. The lowest BCUT2D eigenvalue weighted by molar-refractivity contribution is -0.384. The molecule has 0 fully saturated rings. The molecule has 3 aromatic rings. The zero-order valence-corrected chi connectivity index (χ0v) is 18.1. The minimum atomic E-state index is -1.65. The van der Waals surface area contributed by atoms with Crippen molar-refractivity contribution in [2.45, 2.75) is 6.61 Å². The summed E-state index contributed by atoms with van der Waals surface area (Å²) in [6, 6.07) is 7.80. The van der Waals surface area contributed by atoms with Gasteiger partial charge in [-0.25, -0.2) is 9.59 Å². The van der Waals surface area contributed by atoms with E-state index in [-0.39, 0.29) is 28.6 Å². The van der Waals surface area contributed by atoms with Gasteiger partial charge in [0, 0.05) is 23.3 Å². The van der Waals surface area contributed by atoms with Crippen molar-refractivity contribution in [2.24, 2.45) is 0 Å². The van der Waals surface area contributed by atoms with Gasteiger partial charge in [0.2, 0.25) is 0 Å². The minimum absolute atomic E-state index is 0.0204. The van der Waals surface area contributed by atoms with Crippen LogP contribution in [0.5, 0.6) is 11.5 Å². The Labute approximate surface area is 195 Å². The van der Waals surface area contributed by atoms with Crippen LogP contribution >= 0.6 is 11.6 Å². The van der Waals surface area contributed by atoms with Gasteiger partial charge < -0.3 is 30.4 Å². The highest BCUT2D eigenvalue weighted by atomic mass is 35.5. The van der Waals surface area contributed by atoms with Crippen molar-refractivity contribution >= 4 is 35.0 Å². The van der Waals surface area contributed by atoms with Crippen LogP contribution in [-0.2, 0) is 6.61 Å². The van der Waals surface area contributed by atoms with Gasteiger partial charge in [0.15, 0.2) is 0 Å². The number of carboxylic acid groups (broad SMARTS) is 2. The van der Waals surface area contributed by atoms with Crippen molar-refractivity contribution in [3.63, 3.8) is 0 Å². The molecule has 3 rings (SSSR count). The van der Waals surface area contributed by atoms with Crippen molar-refractivity contribution in [1.82, 2.24) is 4.98 Å². The number of anilines is 1. The van der Waals surface area contributed by atoms with Crippen LogP contribution in [0.4, 0.5) is 11.5 Å². The smallest absolute Gasteiger partial charge is 0.342 e. The Morgan fingerprint density at radius 2 is 1.76 bits per heavy atom. The molecule has 12 nitrogen and oxygen atoms in total. The molecule has 0 atom stereocenters. The van der Waals surface area contributed by atoms with Gasteiger partial charge in [0.1, 0.15) is 35.1 Å². The zero-order valence-electron chi connectivity index (χ0n) is 17.3. The number of pyridine rings is 1. The summed E-state index contributed by atoms with van der Waals surface area (Å²) in [7, 11) is 1.37. The van der Waals surface area contributed by atoms with Gasteiger partial charge in [-0.15, -0.1) is 0 Å². The monoisotopic (exact) mass is 489 g/mol. The number of carbonyl (C=O) groups is 2. The molecule has 0 saturated carbocycles. The highest BCUT2D eigenvalue weighted by Crippen LogP contribution is 2.34. The third kappa shape index (κ3) is 4.61. The molecule has 1 heterocycles. The summed E-state index contributed by atoms with van der Waals surface area (Å²) in [5.74, 6) is -3.28. The van der Waals surface area contributed by atoms with E-state index in [2.05, 4.69) is 0 Å². The zero-order chi connectivity index (χ0) is 25.2. The van der Waals surface area contributed by atoms with E-state index >= 15 is 0 Å². The summed E-state index contributed by atoms with van der Waals surface area (Å²) in [6.07, 6.45) is 0. The molecule has 2 aromatic carbocycles. The van der Waals surface area contributed by atoms with E-state index in [0.717, 1.165) is 6.07 Å². The van der Waals surface area contributed by atoms with Crippen molar-refractivity contribution in [2.75, 3.05) is 12.8 Å². The van der Waals surface area contributed by atoms with Crippen LogP contribution in [0.1, 0.15) is 26.3 Å². The first-order chi connectivity index (χ1) is 16.0. The van der Waals surface area contributed by atoms with Crippen molar-refractivity contribution in [1.29, 1.82) is 0 Å².